The van der Waals surface area contributed by atoms with Gasteiger partial charge in [0.1, 0.15) is 5.82 Å². The zero-order valence-corrected chi connectivity index (χ0v) is 17.7. The van der Waals surface area contributed by atoms with E-state index in [0.29, 0.717) is 31.4 Å². The van der Waals surface area contributed by atoms with Crippen molar-refractivity contribution in [2.45, 2.75) is 19.1 Å². The fourth-order valence-corrected chi connectivity index (χ4v) is 3.59. The Balaban J connectivity index is 1.99. The van der Waals surface area contributed by atoms with E-state index >= 15 is 0 Å². The molecule has 6 nitrogen and oxygen atoms in total. The van der Waals surface area contributed by atoms with Crippen molar-refractivity contribution in [1.29, 1.82) is 0 Å². The van der Waals surface area contributed by atoms with Crippen LogP contribution in [0.2, 0.25) is 0 Å². The lowest BCUT2D eigenvalue weighted by atomic mass is 10.1. The maximum Gasteiger partial charge on any atom is 0.417 e. The number of aromatic amines is 1. The van der Waals surface area contributed by atoms with Gasteiger partial charge in [-0.05, 0) is 36.0 Å². The summed E-state index contributed by atoms with van der Waals surface area (Å²) in [6.45, 7) is 3.80. The number of amides is 1. The molecular formula is C19H19BrF4N4O2. The topological polar surface area (TPSA) is 68.4 Å². The third-order valence-corrected chi connectivity index (χ3v) is 5.67. The molecule has 30 heavy (non-hydrogen) atoms. The molecule has 1 atom stereocenters. The summed E-state index contributed by atoms with van der Waals surface area (Å²) in [7, 11) is 1.96. The zero-order valence-electron chi connectivity index (χ0n) is 16.1. The maximum absolute atomic E-state index is 14.2. The van der Waals surface area contributed by atoms with Crippen LogP contribution in [0.5, 0.6) is 0 Å². The van der Waals surface area contributed by atoms with Gasteiger partial charge < -0.3 is 20.1 Å². The number of aromatic nitrogens is 1. The minimum Gasteiger partial charge on any atom is -0.367 e. The first kappa shape index (κ1) is 22.3. The second kappa shape index (κ2) is 8.38. The van der Waals surface area contributed by atoms with Crippen molar-refractivity contribution in [2.24, 2.45) is 0 Å². The van der Waals surface area contributed by atoms with Gasteiger partial charge in [0, 0.05) is 44.0 Å². The van der Waals surface area contributed by atoms with E-state index in [1.54, 1.807) is 0 Å². The minimum absolute atomic E-state index is 0.0567. The summed E-state index contributed by atoms with van der Waals surface area (Å²) in [5, 5.41) is 2.44. The van der Waals surface area contributed by atoms with E-state index in [2.05, 4.69) is 31.1 Å². The average Bonchev–Trinajstić information content (AvgIpc) is 2.66. The fourth-order valence-electron chi connectivity index (χ4n) is 3.25. The molecule has 1 aromatic carbocycles. The van der Waals surface area contributed by atoms with Crippen molar-refractivity contribution in [3.05, 3.63) is 56.2 Å². The number of rotatable bonds is 3. The molecule has 1 fully saturated rings. The molecule has 0 spiro atoms. The Kier molecular flexibility index (Phi) is 6.23. The molecule has 0 bridgehead atoms. The number of anilines is 2. The normalized spacial score (nSPS) is 17.8. The van der Waals surface area contributed by atoms with E-state index in [1.165, 1.54) is 12.1 Å². The quantitative estimate of drug-likeness (QED) is 0.644. The SMILES string of the molecule is C[C@H]1CN(c2cc(F)c(Br)cc2NC(=O)c2c[nH]c(=O)cc2C(F)(F)F)CCN1C. The third kappa shape index (κ3) is 4.67. The number of hydrogen-bond donors (Lipinski definition) is 2. The Hall–Kier alpha value is -2.40. The molecule has 2 N–H and O–H groups in total. The van der Waals surface area contributed by atoms with Gasteiger partial charge in [-0.3, -0.25) is 9.59 Å². The van der Waals surface area contributed by atoms with E-state index in [-0.39, 0.29) is 16.2 Å². The van der Waals surface area contributed by atoms with Gasteiger partial charge in [-0.1, -0.05) is 0 Å². The number of alkyl halides is 3. The predicted octanol–water partition coefficient (Wildman–Crippen LogP) is 3.69. The number of nitrogens with zero attached hydrogens (tertiary/aromatic N) is 2. The van der Waals surface area contributed by atoms with E-state index in [0.717, 1.165) is 6.20 Å². The molecule has 1 saturated heterocycles. The smallest absolute Gasteiger partial charge is 0.367 e. The van der Waals surface area contributed by atoms with Crippen LogP contribution in [-0.4, -0.2) is 48.5 Å². The monoisotopic (exact) mass is 490 g/mol. The highest BCUT2D eigenvalue weighted by Crippen LogP contribution is 2.35. The average molecular weight is 491 g/mol. The van der Waals surface area contributed by atoms with Gasteiger partial charge in [0.05, 0.1) is 27.0 Å². The number of likely N-dealkylation sites (N-methyl/N-ethyl adjacent to an activating group) is 1. The second-order valence-corrected chi connectivity index (χ2v) is 7.99. The van der Waals surface area contributed by atoms with Crippen LogP contribution >= 0.6 is 15.9 Å². The highest BCUT2D eigenvalue weighted by molar-refractivity contribution is 9.10. The predicted molar refractivity (Wildman–Crippen MR) is 108 cm³/mol. The van der Waals surface area contributed by atoms with Gasteiger partial charge in [-0.2, -0.15) is 13.2 Å². The lowest BCUT2D eigenvalue weighted by molar-refractivity contribution is -0.138. The number of carbonyl (C=O) groups excluding carboxylic acids is 1. The standard InChI is InChI=1S/C19H19BrF4N4O2/c1-10-9-28(4-3-27(10)2)16-7-14(21)13(20)6-15(16)26-18(30)11-8-25-17(29)5-12(11)19(22,23)24/h5-8,10H,3-4,9H2,1-2H3,(H,25,29)(H,26,30)/t10-/m0/s1. The van der Waals surface area contributed by atoms with Crippen molar-refractivity contribution in [2.75, 3.05) is 36.9 Å². The lowest BCUT2D eigenvalue weighted by Gasteiger charge is -2.39. The van der Waals surface area contributed by atoms with Crippen molar-refractivity contribution in [3.63, 3.8) is 0 Å². The summed E-state index contributed by atoms with van der Waals surface area (Å²) in [6.07, 6.45) is -4.17. The number of halogens is 5. The molecule has 1 aromatic heterocycles. The Morgan fingerprint density at radius 1 is 1.27 bits per heavy atom. The molecule has 3 rings (SSSR count). The molecule has 1 amide bonds. The van der Waals surface area contributed by atoms with Gasteiger partial charge in [0.15, 0.2) is 0 Å². The van der Waals surface area contributed by atoms with Crippen molar-refractivity contribution in [3.8, 4) is 0 Å². The highest BCUT2D eigenvalue weighted by atomic mass is 79.9. The van der Waals surface area contributed by atoms with Crippen LogP contribution in [0.4, 0.5) is 28.9 Å². The van der Waals surface area contributed by atoms with Crippen LogP contribution in [-0.2, 0) is 6.18 Å². The number of piperazine rings is 1. The number of hydrogen-bond acceptors (Lipinski definition) is 4. The minimum atomic E-state index is -4.89. The van der Waals surface area contributed by atoms with Crippen molar-refractivity contribution < 1.29 is 22.4 Å². The Bertz CT molecular complexity index is 1020. The number of H-pyrrole nitrogens is 1. The highest BCUT2D eigenvalue weighted by Gasteiger charge is 2.36. The Labute approximate surface area is 178 Å². The molecule has 2 aromatic rings. The van der Waals surface area contributed by atoms with Crippen LogP contribution in [0, 0.1) is 5.82 Å². The summed E-state index contributed by atoms with van der Waals surface area (Å²) in [6, 6.07) is 3.03. The first-order chi connectivity index (χ1) is 14.0. The largest absolute Gasteiger partial charge is 0.417 e. The first-order valence-electron chi connectivity index (χ1n) is 9.03. The number of nitrogens with one attached hydrogen (secondary N) is 2. The summed E-state index contributed by atoms with van der Waals surface area (Å²) in [5.74, 6) is -1.63. The molecule has 0 saturated carbocycles. The summed E-state index contributed by atoms with van der Waals surface area (Å²) in [4.78, 5) is 30.1. The van der Waals surface area contributed by atoms with Crippen LogP contribution in [0.15, 0.2) is 33.7 Å². The molecule has 0 radical (unpaired) electrons. The van der Waals surface area contributed by atoms with Gasteiger partial charge >= 0.3 is 6.18 Å². The van der Waals surface area contributed by atoms with Crippen molar-refractivity contribution in [1.82, 2.24) is 9.88 Å². The molecule has 0 unspecified atom stereocenters. The fraction of sp³-hybridized carbons (Fsp3) is 0.368. The second-order valence-electron chi connectivity index (χ2n) is 7.14. The van der Waals surface area contributed by atoms with Gasteiger partial charge in [-0.15, -0.1) is 0 Å². The molecule has 11 heteroatoms. The molecular weight excluding hydrogens is 472 g/mol. The van der Waals surface area contributed by atoms with Crippen LogP contribution in [0.25, 0.3) is 0 Å². The molecule has 1 aliphatic rings. The molecule has 1 aliphatic heterocycles. The molecule has 0 aliphatic carbocycles. The van der Waals surface area contributed by atoms with E-state index in [4.69, 9.17) is 0 Å². The van der Waals surface area contributed by atoms with Gasteiger partial charge in [0.25, 0.3) is 5.91 Å². The molecule has 2 heterocycles. The Morgan fingerprint density at radius 2 is 1.97 bits per heavy atom. The zero-order chi connectivity index (χ0) is 22.2. The van der Waals surface area contributed by atoms with E-state index in [1.807, 2.05) is 18.9 Å². The van der Waals surface area contributed by atoms with Crippen molar-refractivity contribution >= 4 is 33.2 Å². The Morgan fingerprint density at radius 3 is 2.60 bits per heavy atom. The van der Waals surface area contributed by atoms with E-state index < -0.39 is 34.6 Å². The number of carbonyl (C=O) groups is 1. The van der Waals surface area contributed by atoms with Gasteiger partial charge in [-0.25, -0.2) is 4.39 Å². The lowest BCUT2D eigenvalue weighted by Crippen LogP contribution is -2.50. The number of pyridine rings is 1. The van der Waals surface area contributed by atoms with Crippen LogP contribution in [0.1, 0.15) is 22.8 Å². The van der Waals surface area contributed by atoms with E-state index in [9.17, 15) is 27.2 Å². The summed E-state index contributed by atoms with van der Waals surface area (Å²) < 4.78 is 54.2. The maximum atomic E-state index is 14.2. The van der Waals surface area contributed by atoms with Crippen LogP contribution < -0.4 is 15.8 Å². The summed E-state index contributed by atoms with van der Waals surface area (Å²) >= 11 is 3.05. The summed E-state index contributed by atoms with van der Waals surface area (Å²) in [5.41, 5.74) is -2.54. The number of benzene rings is 1. The van der Waals surface area contributed by atoms with Gasteiger partial charge in [0.2, 0.25) is 5.56 Å². The third-order valence-electron chi connectivity index (χ3n) is 5.06. The van der Waals surface area contributed by atoms with Crippen LogP contribution in [0.3, 0.4) is 0 Å². The molecule has 162 valence electrons. The first-order valence-corrected chi connectivity index (χ1v) is 9.82.